The molecule has 80 valence electrons. The number of hydrogen-bond donors (Lipinski definition) is 1. The number of nitrogens with one attached hydrogen (secondary N) is 1. The lowest BCUT2D eigenvalue weighted by Gasteiger charge is -2.10. The molecular weight excluding hydrogens is 196 g/mol. The molecule has 1 N–H and O–H groups in total. The third-order valence-electron chi connectivity index (χ3n) is 1.94. The van der Waals surface area contributed by atoms with Gasteiger partial charge < -0.3 is 10.1 Å². The highest BCUT2D eigenvalue weighted by molar-refractivity contribution is 7.09. The topological polar surface area (TPSA) is 34.1 Å². The molecule has 0 bridgehead atoms. The Balaban J connectivity index is 2.07. The molecule has 3 nitrogen and oxygen atoms in total. The zero-order valence-corrected chi connectivity index (χ0v) is 9.64. The molecule has 1 aromatic heterocycles. The molecule has 0 fully saturated rings. The number of ether oxygens (including phenoxy) is 1. The number of thiazole rings is 1. The van der Waals surface area contributed by atoms with Gasteiger partial charge in [0, 0.05) is 24.8 Å². The summed E-state index contributed by atoms with van der Waals surface area (Å²) in [7, 11) is 0. The minimum absolute atomic E-state index is 0.358. The van der Waals surface area contributed by atoms with Gasteiger partial charge in [0.2, 0.25) is 0 Å². The maximum absolute atomic E-state index is 5.25. The van der Waals surface area contributed by atoms with Crippen molar-refractivity contribution < 1.29 is 4.74 Å². The van der Waals surface area contributed by atoms with Gasteiger partial charge in [-0.25, -0.2) is 4.98 Å². The summed E-state index contributed by atoms with van der Waals surface area (Å²) < 4.78 is 5.25. The van der Waals surface area contributed by atoms with Crippen molar-refractivity contribution in [2.45, 2.75) is 26.3 Å². The van der Waals surface area contributed by atoms with E-state index in [9.17, 15) is 0 Å². The highest BCUT2D eigenvalue weighted by Gasteiger charge is 2.05. The second-order valence-corrected chi connectivity index (χ2v) is 4.02. The third-order valence-corrected chi connectivity index (χ3v) is 2.90. The standard InChI is InChI=1S/C10H18N2OS/c1-3-13-7-4-5-11-9(2)10-12-6-8-14-10/h6,8-9,11H,3-5,7H2,1-2H3. The summed E-state index contributed by atoms with van der Waals surface area (Å²) in [6.07, 6.45) is 2.90. The summed E-state index contributed by atoms with van der Waals surface area (Å²) in [5.41, 5.74) is 0. The molecule has 0 aliphatic rings. The van der Waals surface area contributed by atoms with Gasteiger partial charge in [-0.15, -0.1) is 11.3 Å². The van der Waals surface area contributed by atoms with Crippen molar-refractivity contribution in [3.8, 4) is 0 Å². The maximum atomic E-state index is 5.25. The zero-order valence-electron chi connectivity index (χ0n) is 8.82. The van der Waals surface area contributed by atoms with Crippen LogP contribution in [0.15, 0.2) is 11.6 Å². The van der Waals surface area contributed by atoms with Gasteiger partial charge in [-0.3, -0.25) is 0 Å². The van der Waals surface area contributed by atoms with Crippen LogP contribution >= 0.6 is 11.3 Å². The predicted octanol–water partition coefficient (Wildman–Crippen LogP) is 2.22. The third kappa shape index (κ3) is 4.17. The van der Waals surface area contributed by atoms with Crippen LogP contribution in [0.2, 0.25) is 0 Å². The molecule has 1 aromatic rings. The highest BCUT2D eigenvalue weighted by atomic mass is 32.1. The van der Waals surface area contributed by atoms with Crippen LogP contribution in [0.5, 0.6) is 0 Å². The van der Waals surface area contributed by atoms with E-state index < -0.39 is 0 Å². The van der Waals surface area contributed by atoms with Crippen molar-refractivity contribution in [3.63, 3.8) is 0 Å². The lowest BCUT2D eigenvalue weighted by molar-refractivity contribution is 0.144. The summed E-state index contributed by atoms with van der Waals surface area (Å²) in [6, 6.07) is 0.358. The molecule has 0 amide bonds. The molecule has 1 rings (SSSR count). The van der Waals surface area contributed by atoms with E-state index in [2.05, 4.69) is 17.2 Å². The fourth-order valence-corrected chi connectivity index (χ4v) is 1.84. The quantitative estimate of drug-likeness (QED) is 0.707. The Morgan fingerprint density at radius 1 is 1.64 bits per heavy atom. The van der Waals surface area contributed by atoms with Gasteiger partial charge >= 0.3 is 0 Å². The molecule has 0 saturated carbocycles. The first-order valence-corrected chi connectivity index (χ1v) is 5.93. The maximum Gasteiger partial charge on any atom is 0.109 e. The first-order chi connectivity index (χ1) is 6.84. The molecular formula is C10H18N2OS. The van der Waals surface area contributed by atoms with E-state index in [1.165, 1.54) is 0 Å². The second kappa shape index (κ2) is 6.92. The van der Waals surface area contributed by atoms with Crippen molar-refractivity contribution in [1.82, 2.24) is 10.3 Å². The second-order valence-electron chi connectivity index (χ2n) is 3.10. The SMILES string of the molecule is CCOCCCNC(C)c1nccs1. The van der Waals surface area contributed by atoms with E-state index >= 15 is 0 Å². The number of hydrogen-bond acceptors (Lipinski definition) is 4. The van der Waals surface area contributed by atoms with Gasteiger partial charge in [-0.1, -0.05) is 0 Å². The predicted molar refractivity (Wildman–Crippen MR) is 59.6 cm³/mol. The van der Waals surface area contributed by atoms with Crippen molar-refractivity contribution in [1.29, 1.82) is 0 Å². The van der Waals surface area contributed by atoms with Crippen molar-refractivity contribution in [3.05, 3.63) is 16.6 Å². The average Bonchev–Trinajstić information content (AvgIpc) is 2.70. The molecule has 0 aliphatic heterocycles. The molecule has 14 heavy (non-hydrogen) atoms. The molecule has 4 heteroatoms. The fraction of sp³-hybridized carbons (Fsp3) is 0.700. The van der Waals surface area contributed by atoms with Crippen molar-refractivity contribution in [2.75, 3.05) is 19.8 Å². The number of rotatable bonds is 7. The van der Waals surface area contributed by atoms with Crippen LogP contribution < -0.4 is 5.32 Å². The first-order valence-electron chi connectivity index (χ1n) is 5.05. The number of aromatic nitrogens is 1. The van der Waals surface area contributed by atoms with Gasteiger partial charge in [-0.2, -0.15) is 0 Å². The first kappa shape index (κ1) is 11.6. The summed E-state index contributed by atoms with van der Waals surface area (Å²) >= 11 is 1.69. The van der Waals surface area contributed by atoms with E-state index in [1.807, 2.05) is 18.5 Å². The highest BCUT2D eigenvalue weighted by Crippen LogP contribution is 2.14. The Hall–Kier alpha value is -0.450. The Morgan fingerprint density at radius 3 is 3.14 bits per heavy atom. The van der Waals surface area contributed by atoms with E-state index in [1.54, 1.807) is 11.3 Å². The lowest BCUT2D eigenvalue weighted by Crippen LogP contribution is -2.20. The molecule has 1 unspecified atom stereocenters. The van der Waals surface area contributed by atoms with Crippen molar-refractivity contribution >= 4 is 11.3 Å². The van der Waals surface area contributed by atoms with E-state index in [-0.39, 0.29) is 0 Å². The van der Waals surface area contributed by atoms with Gasteiger partial charge in [0.05, 0.1) is 6.04 Å². The lowest BCUT2D eigenvalue weighted by atomic mass is 10.3. The van der Waals surface area contributed by atoms with E-state index in [4.69, 9.17) is 4.74 Å². The molecule has 0 spiro atoms. The van der Waals surface area contributed by atoms with E-state index in [0.29, 0.717) is 6.04 Å². The van der Waals surface area contributed by atoms with Gasteiger partial charge in [-0.05, 0) is 26.8 Å². The summed E-state index contributed by atoms with van der Waals surface area (Å²) in [5, 5.41) is 6.57. The zero-order chi connectivity index (χ0) is 10.2. The van der Waals surface area contributed by atoms with Gasteiger partial charge in [0.25, 0.3) is 0 Å². The monoisotopic (exact) mass is 214 g/mol. The van der Waals surface area contributed by atoms with Crippen LogP contribution in [0, 0.1) is 0 Å². The summed E-state index contributed by atoms with van der Waals surface area (Å²) in [4.78, 5) is 4.26. The van der Waals surface area contributed by atoms with Crippen LogP contribution in [-0.2, 0) is 4.74 Å². The van der Waals surface area contributed by atoms with Crippen LogP contribution in [-0.4, -0.2) is 24.7 Å². The molecule has 1 atom stereocenters. The number of nitrogens with zero attached hydrogens (tertiary/aromatic N) is 1. The minimum Gasteiger partial charge on any atom is -0.382 e. The Morgan fingerprint density at radius 2 is 2.50 bits per heavy atom. The Kier molecular flexibility index (Phi) is 5.75. The Bertz CT molecular complexity index is 226. The summed E-state index contributed by atoms with van der Waals surface area (Å²) in [6.45, 7) is 6.79. The van der Waals surface area contributed by atoms with Crippen LogP contribution in [0.1, 0.15) is 31.3 Å². The Labute approximate surface area is 89.5 Å². The molecule has 0 saturated heterocycles. The molecule has 1 heterocycles. The minimum atomic E-state index is 0.358. The normalized spacial score (nSPS) is 13.0. The largest absolute Gasteiger partial charge is 0.382 e. The van der Waals surface area contributed by atoms with Crippen LogP contribution in [0.3, 0.4) is 0 Å². The van der Waals surface area contributed by atoms with Gasteiger partial charge in [0.15, 0.2) is 0 Å². The smallest absolute Gasteiger partial charge is 0.109 e. The van der Waals surface area contributed by atoms with Crippen LogP contribution in [0.4, 0.5) is 0 Å². The van der Waals surface area contributed by atoms with Gasteiger partial charge in [0.1, 0.15) is 5.01 Å². The average molecular weight is 214 g/mol. The van der Waals surface area contributed by atoms with Crippen LogP contribution in [0.25, 0.3) is 0 Å². The molecule has 0 radical (unpaired) electrons. The molecule has 0 aliphatic carbocycles. The van der Waals surface area contributed by atoms with Crippen molar-refractivity contribution in [2.24, 2.45) is 0 Å². The van der Waals surface area contributed by atoms with E-state index in [0.717, 1.165) is 31.2 Å². The fourth-order valence-electron chi connectivity index (χ4n) is 1.17. The molecule has 0 aromatic carbocycles. The summed E-state index contributed by atoms with van der Waals surface area (Å²) in [5.74, 6) is 0.